The Hall–Kier alpha value is -2.12. The molecule has 5 rings (SSSR count). The number of nitriles is 1. The van der Waals surface area contributed by atoms with Crippen LogP contribution in [0.2, 0.25) is 0 Å². The van der Waals surface area contributed by atoms with E-state index in [2.05, 4.69) is 32.9 Å². The summed E-state index contributed by atoms with van der Waals surface area (Å²) in [6.45, 7) is 6.64. The molecule has 4 aliphatic carbocycles. The van der Waals surface area contributed by atoms with Gasteiger partial charge in [-0.3, -0.25) is 4.79 Å². The smallest absolute Gasteiger partial charge is 0.318 e. The molecule has 1 aromatic carbocycles. The maximum Gasteiger partial charge on any atom is 0.318 e. The molecule has 0 unspecified atom stereocenters. The van der Waals surface area contributed by atoms with Crippen LogP contribution in [0.4, 0.5) is 0 Å². The Morgan fingerprint density at radius 3 is 2.65 bits per heavy atom. The second-order valence-electron chi connectivity index (χ2n) is 10.8. The molecule has 3 saturated carbocycles. The average Bonchev–Trinajstić information content (AvgIpc) is 3.35. The number of carbonyl (C=O) groups is 1. The number of allylic oxidation sites excluding steroid dienone is 1. The minimum absolute atomic E-state index is 0.0653. The molecule has 0 saturated heterocycles. The highest BCUT2D eigenvalue weighted by molar-refractivity contribution is 5.87. The van der Waals surface area contributed by atoms with Crippen LogP contribution in [-0.4, -0.2) is 17.7 Å². The maximum absolute atomic E-state index is 14.2. The Morgan fingerprint density at radius 2 is 2.00 bits per heavy atom. The largest absolute Gasteiger partial charge is 0.460 e. The molecule has 0 spiro atoms. The number of ether oxygens (including phenoxy) is 1. The third-order valence-corrected chi connectivity index (χ3v) is 9.52. The lowest BCUT2D eigenvalue weighted by atomic mass is 9.43. The molecule has 164 valence electrons. The summed E-state index contributed by atoms with van der Waals surface area (Å²) in [5, 5.41) is 21.7. The third-order valence-electron chi connectivity index (χ3n) is 9.52. The van der Waals surface area contributed by atoms with Crippen LogP contribution in [0.3, 0.4) is 0 Å². The predicted octanol–water partition coefficient (Wildman–Crippen LogP) is 4.89. The van der Waals surface area contributed by atoms with Crippen LogP contribution >= 0.6 is 0 Å². The summed E-state index contributed by atoms with van der Waals surface area (Å²) in [4.78, 5) is 14.2. The van der Waals surface area contributed by atoms with Crippen molar-refractivity contribution in [2.24, 2.45) is 45.8 Å². The summed E-state index contributed by atoms with van der Waals surface area (Å²) in [6.07, 6.45) is 5.82. The van der Waals surface area contributed by atoms with Gasteiger partial charge in [0.15, 0.2) is 0 Å². The SMILES string of the molecule is CC(C)C1=C[C@H]2C[C@]3(C#N)[C@@H]4CC[C@@H](C)[C@H]4C[C@@]2(CO)[C@]13C(=O)OCc1ccccc1. The monoisotopic (exact) mass is 419 g/mol. The second kappa shape index (κ2) is 6.94. The molecule has 0 heterocycles. The van der Waals surface area contributed by atoms with Gasteiger partial charge < -0.3 is 9.84 Å². The van der Waals surface area contributed by atoms with Crippen molar-refractivity contribution in [2.45, 2.75) is 53.1 Å². The molecule has 4 bridgehead atoms. The number of hydrogen-bond acceptors (Lipinski definition) is 4. The molecular weight excluding hydrogens is 386 g/mol. The van der Waals surface area contributed by atoms with E-state index in [0.717, 1.165) is 30.4 Å². The van der Waals surface area contributed by atoms with E-state index in [9.17, 15) is 15.2 Å². The molecule has 0 amide bonds. The van der Waals surface area contributed by atoms with Gasteiger partial charge in [0.25, 0.3) is 0 Å². The van der Waals surface area contributed by atoms with Gasteiger partial charge in [-0.05, 0) is 54.4 Å². The Balaban J connectivity index is 1.65. The Kier molecular flexibility index (Phi) is 4.65. The number of fused-ring (bicyclic) bond motifs is 2. The number of aliphatic hydroxyl groups excluding tert-OH is 1. The zero-order valence-electron chi connectivity index (χ0n) is 18.8. The molecule has 31 heavy (non-hydrogen) atoms. The van der Waals surface area contributed by atoms with Gasteiger partial charge in [-0.15, -0.1) is 0 Å². The van der Waals surface area contributed by atoms with E-state index >= 15 is 0 Å². The number of hydrogen-bond donors (Lipinski definition) is 1. The van der Waals surface area contributed by atoms with E-state index in [1.807, 2.05) is 30.3 Å². The summed E-state index contributed by atoms with van der Waals surface area (Å²) < 4.78 is 6.04. The molecule has 4 nitrogen and oxygen atoms in total. The topological polar surface area (TPSA) is 70.3 Å². The fraction of sp³-hybridized carbons (Fsp3) is 0.630. The maximum atomic E-state index is 14.2. The predicted molar refractivity (Wildman–Crippen MR) is 117 cm³/mol. The molecule has 4 aliphatic rings. The minimum atomic E-state index is -1.04. The molecule has 0 aromatic heterocycles. The van der Waals surface area contributed by atoms with E-state index in [-0.39, 0.29) is 36.9 Å². The molecule has 1 N–H and O–H groups in total. The fourth-order valence-corrected chi connectivity index (χ4v) is 8.37. The van der Waals surface area contributed by atoms with E-state index in [0.29, 0.717) is 18.3 Å². The third kappa shape index (κ3) is 2.31. The Morgan fingerprint density at radius 1 is 1.26 bits per heavy atom. The van der Waals surface area contributed by atoms with Crippen LogP contribution in [0, 0.1) is 57.2 Å². The van der Waals surface area contributed by atoms with Crippen LogP contribution in [-0.2, 0) is 16.1 Å². The van der Waals surface area contributed by atoms with Crippen molar-refractivity contribution in [1.29, 1.82) is 5.26 Å². The van der Waals surface area contributed by atoms with Gasteiger partial charge in [-0.2, -0.15) is 5.26 Å². The first-order chi connectivity index (χ1) is 14.9. The van der Waals surface area contributed by atoms with Gasteiger partial charge in [0.1, 0.15) is 12.0 Å². The fourth-order valence-electron chi connectivity index (χ4n) is 8.37. The molecule has 0 aliphatic heterocycles. The normalized spacial score (nSPS) is 42.3. The number of nitrogens with zero attached hydrogens (tertiary/aromatic N) is 1. The van der Waals surface area contributed by atoms with E-state index in [4.69, 9.17) is 4.74 Å². The number of benzene rings is 1. The highest BCUT2D eigenvalue weighted by Crippen LogP contribution is 2.83. The summed E-state index contributed by atoms with van der Waals surface area (Å²) in [5.41, 5.74) is -0.458. The minimum Gasteiger partial charge on any atom is -0.460 e. The summed E-state index contributed by atoms with van der Waals surface area (Å²) in [5.74, 6) is 1.03. The van der Waals surface area contributed by atoms with Gasteiger partial charge >= 0.3 is 5.97 Å². The van der Waals surface area contributed by atoms with Crippen LogP contribution < -0.4 is 0 Å². The van der Waals surface area contributed by atoms with E-state index in [1.54, 1.807) is 0 Å². The van der Waals surface area contributed by atoms with Gasteiger partial charge in [-0.1, -0.05) is 69.2 Å². The molecule has 3 fully saturated rings. The molecular formula is C27H33NO3. The Bertz CT molecular complexity index is 962. The van der Waals surface area contributed by atoms with Crippen LogP contribution in [0.5, 0.6) is 0 Å². The second-order valence-corrected chi connectivity index (χ2v) is 10.8. The van der Waals surface area contributed by atoms with Crippen molar-refractivity contribution in [3.63, 3.8) is 0 Å². The Labute approximate surface area is 185 Å². The van der Waals surface area contributed by atoms with Gasteiger partial charge in [0, 0.05) is 5.41 Å². The zero-order chi connectivity index (χ0) is 22.0. The van der Waals surface area contributed by atoms with Crippen molar-refractivity contribution in [2.75, 3.05) is 6.61 Å². The highest BCUT2D eigenvalue weighted by atomic mass is 16.5. The lowest BCUT2D eigenvalue weighted by molar-refractivity contribution is -0.184. The molecule has 4 heteroatoms. The quantitative estimate of drug-likeness (QED) is 0.545. The van der Waals surface area contributed by atoms with Gasteiger partial charge in [-0.25, -0.2) is 0 Å². The van der Waals surface area contributed by atoms with Gasteiger partial charge in [0.05, 0.1) is 18.1 Å². The lowest BCUT2D eigenvalue weighted by Crippen LogP contribution is -2.62. The van der Waals surface area contributed by atoms with E-state index in [1.165, 1.54) is 0 Å². The lowest BCUT2D eigenvalue weighted by Gasteiger charge is -2.57. The van der Waals surface area contributed by atoms with Crippen molar-refractivity contribution in [3.8, 4) is 6.07 Å². The first-order valence-electron chi connectivity index (χ1n) is 11.8. The van der Waals surface area contributed by atoms with Crippen molar-refractivity contribution in [1.82, 2.24) is 0 Å². The van der Waals surface area contributed by atoms with Crippen molar-refractivity contribution < 1.29 is 14.6 Å². The highest BCUT2D eigenvalue weighted by Gasteiger charge is 2.84. The number of carbonyl (C=O) groups excluding carboxylic acids is 1. The zero-order valence-corrected chi connectivity index (χ0v) is 18.8. The first-order valence-corrected chi connectivity index (χ1v) is 11.8. The summed E-state index contributed by atoms with van der Waals surface area (Å²) in [7, 11) is 0. The number of esters is 1. The van der Waals surface area contributed by atoms with Crippen LogP contribution in [0.25, 0.3) is 0 Å². The summed E-state index contributed by atoms with van der Waals surface area (Å²) in [6, 6.07) is 12.5. The van der Waals surface area contributed by atoms with Crippen LogP contribution in [0.1, 0.15) is 52.0 Å². The summed E-state index contributed by atoms with van der Waals surface area (Å²) >= 11 is 0. The molecule has 7 atom stereocenters. The van der Waals surface area contributed by atoms with Crippen molar-refractivity contribution >= 4 is 5.97 Å². The first kappa shape index (κ1) is 20.8. The molecule has 0 radical (unpaired) electrons. The van der Waals surface area contributed by atoms with Crippen molar-refractivity contribution in [3.05, 3.63) is 47.5 Å². The number of aliphatic hydroxyl groups is 1. The average molecular weight is 420 g/mol. The van der Waals surface area contributed by atoms with Crippen LogP contribution in [0.15, 0.2) is 42.0 Å². The van der Waals surface area contributed by atoms with E-state index < -0.39 is 16.2 Å². The molecule has 1 aromatic rings. The van der Waals surface area contributed by atoms with Gasteiger partial charge in [0.2, 0.25) is 0 Å². The number of rotatable bonds is 5. The standard InChI is InChI=1S/C27H33NO3/c1-17(2)23-11-20-12-25(15-28)22-10-9-18(3)21(22)13-26(20,16-29)27(23,25)24(30)31-14-19-7-5-4-6-8-19/h4-8,11,17-18,20-22,29H,9-10,12-14,16H2,1-3H3/t18-,20+,21-,22-,25+,26+,27+/m1/s1.